The Hall–Kier alpha value is -3.38. The lowest BCUT2D eigenvalue weighted by atomic mass is 10.0. The number of hydrogen-bond donors (Lipinski definition) is 1. The lowest BCUT2D eigenvalue weighted by Gasteiger charge is -2.25. The molecule has 1 aliphatic rings. The molecule has 0 atom stereocenters. The molecule has 0 saturated heterocycles. The lowest BCUT2D eigenvalue weighted by Crippen LogP contribution is -2.40. The number of allylic oxidation sites excluding steroid dienone is 2. The summed E-state index contributed by atoms with van der Waals surface area (Å²) in [6.45, 7) is 1.89. The molecule has 3 aromatic rings. The van der Waals surface area contributed by atoms with E-state index in [1.807, 2.05) is 25.1 Å². The number of aryl methyl sites for hydroxylation is 1. The van der Waals surface area contributed by atoms with Gasteiger partial charge in [-0.3, -0.25) is 0 Å². The minimum atomic E-state index is -4.15. The van der Waals surface area contributed by atoms with E-state index < -0.39 is 16.1 Å². The number of nitrogens with one attached hydrogen (secondary N) is 1. The Morgan fingerprint density at radius 1 is 0.903 bits per heavy atom. The maximum absolute atomic E-state index is 13.7. The van der Waals surface area contributed by atoms with Gasteiger partial charge in [0, 0.05) is 11.3 Å². The quantitative estimate of drug-likeness (QED) is 0.538. The third kappa shape index (κ3) is 4.39. The second-order valence-corrected chi connectivity index (χ2v) is 9.30. The molecule has 5 nitrogen and oxygen atoms in total. The van der Waals surface area contributed by atoms with Crippen molar-refractivity contribution in [1.29, 1.82) is 0 Å². The normalized spacial score (nSPS) is 13.5. The topological polar surface area (TPSA) is 66.5 Å². The van der Waals surface area contributed by atoms with Crippen LogP contribution >= 0.6 is 0 Å². The van der Waals surface area contributed by atoms with E-state index in [4.69, 9.17) is 0 Å². The van der Waals surface area contributed by atoms with Gasteiger partial charge in [-0.1, -0.05) is 60.2 Å². The highest BCUT2D eigenvalue weighted by atomic mass is 32.2. The first kappa shape index (κ1) is 20.9. The number of hydrogen-bond acceptors (Lipinski definition) is 3. The monoisotopic (exact) mass is 432 g/mol. The summed E-state index contributed by atoms with van der Waals surface area (Å²) in [6, 6.07) is 21.8. The number of carbonyl (C=O) groups is 1. The van der Waals surface area contributed by atoms with E-state index in [-0.39, 0.29) is 4.90 Å². The van der Waals surface area contributed by atoms with Crippen LogP contribution in [0.3, 0.4) is 0 Å². The molecular formula is C25H24N2O3S. The molecule has 1 N–H and O–H groups in total. The summed E-state index contributed by atoms with van der Waals surface area (Å²) in [6.07, 6.45) is 4.94. The molecule has 3 aromatic carbocycles. The van der Waals surface area contributed by atoms with Crippen molar-refractivity contribution in [2.75, 3.05) is 9.62 Å². The second kappa shape index (κ2) is 8.78. The van der Waals surface area contributed by atoms with Crippen LogP contribution in [0.1, 0.15) is 30.4 Å². The maximum atomic E-state index is 13.7. The van der Waals surface area contributed by atoms with E-state index in [2.05, 4.69) is 11.4 Å². The minimum Gasteiger partial charge on any atom is -0.307 e. The number of nitrogens with zero attached hydrogens (tertiary/aromatic N) is 1. The summed E-state index contributed by atoms with van der Waals surface area (Å²) in [4.78, 5) is 13.4. The number of amides is 2. The van der Waals surface area contributed by atoms with Gasteiger partial charge in [0.25, 0.3) is 10.0 Å². The van der Waals surface area contributed by atoms with Crippen LogP contribution in [0.5, 0.6) is 0 Å². The Balaban J connectivity index is 1.84. The van der Waals surface area contributed by atoms with Crippen molar-refractivity contribution in [2.45, 2.75) is 31.1 Å². The first-order valence-corrected chi connectivity index (χ1v) is 11.7. The summed E-state index contributed by atoms with van der Waals surface area (Å²) in [7, 11) is -4.15. The fourth-order valence-electron chi connectivity index (χ4n) is 3.70. The predicted octanol–water partition coefficient (Wildman–Crippen LogP) is 5.99. The van der Waals surface area contributed by atoms with E-state index in [1.54, 1.807) is 48.5 Å². The van der Waals surface area contributed by atoms with Crippen molar-refractivity contribution in [3.63, 3.8) is 0 Å². The van der Waals surface area contributed by atoms with Gasteiger partial charge in [0.1, 0.15) is 0 Å². The van der Waals surface area contributed by atoms with Gasteiger partial charge in [-0.05, 0) is 62.1 Å². The fourth-order valence-corrected chi connectivity index (χ4v) is 5.07. The summed E-state index contributed by atoms with van der Waals surface area (Å²) < 4.78 is 28.3. The number of urea groups is 1. The summed E-state index contributed by atoms with van der Waals surface area (Å²) in [5.74, 6) is 0. The van der Waals surface area contributed by atoms with Gasteiger partial charge >= 0.3 is 6.03 Å². The molecule has 0 radical (unpaired) electrons. The first-order chi connectivity index (χ1) is 15.0. The standard InChI is InChI=1S/C25H24N2O3S/c1-19-15-17-22(18-16-19)31(29,30)27(25(28)26-21-11-3-2-4-12-21)24-14-8-7-13-23(24)20-9-5-6-10-20/h2-4,7-9,11-18H,5-6,10H2,1H3,(H,26,28). The lowest BCUT2D eigenvalue weighted by molar-refractivity contribution is 0.259. The highest BCUT2D eigenvalue weighted by Gasteiger charge is 2.33. The van der Waals surface area contributed by atoms with Crippen LogP contribution in [0.4, 0.5) is 16.2 Å². The molecule has 0 fully saturated rings. The molecule has 6 heteroatoms. The van der Waals surface area contributed by atoms with Crippen LogP contribution in [0.15, 0.2) is 89.8 Å². The third-order valence-electron chi connectivity index (χ3n) is 5.28. The fraction of sp³-hybridized carbons (Fsp3) is 0.160. The van der Waals surface area contributed by atoms with Gasteiger partial charge in [-0.25, -0.2) is 13.2 Å². The van der Waals surface area contributed by atoms with Crippen LogP contribution in [-0.2, 0) is 10.0 Å². The molecule has 0 spiro atoms. The molecule has 0 unspecified atom stereocenters. The highest BCUT2D eigenvalue weighted by molar-refractivity contribution is 7.93. The van der Waals surface area contributed by atoms with Crippen molar-refractivity contribution < 1.29 is 13.2 Å². The van der Waals surface area contributed by atoms with E-state index in [1.165, 1.54) is 12.1 Å². The zero-order valence-electron chi connectivity index (χ0n) is 17.3. The molecule has 4 rings (SSSR count). The maximum Gasteiger partial charge on any atom is 0.340 e. The molecule has 1 aliphatic carbocycles. The van der Waals surface area contributed by atoms with E-state index in [0.29, 0.717) is 11.4 Å². The average molecular weight is 433 g/mol. The largest absolute Gasteiger partial charge is 0.340 e. The second-order valence-electron chi connectivity index (χ2n) is 7.52. The van der Waals surface area contributed by atoms with Crippen LogP contribution in [0.2, 0.25) is 0 Å². The molecular weight excluding hydrogens is 408 g/mol. The van der Waals surface area contributed by atoms with E-state index >= 15 is 0 Å². The minimum absolute atomic E-state index is 0.0662. The number of benzene rings is 3. The molecule has 0 heterocycles. The third-order valence-corrected chi connectivity index (χ3v) is 6.99. The molecule has 158 valence electrons. The van der Waals surface area contributed by atoms with Gasteiger partial charge in [0.05, 0.1) is 10.6 Å². The first-order valence-electron chi connectivity index (χ1n) is 10.2. The number of rotatable bonds is 5. The molecule has 31 heavy (non-hydrogen) atoms. The van der Waals surface area contributed by atoms with Gasteiger partial charge < -0.3 is 5.32 Å². The van der Waals surface area contributed by atoms with Gasteiger partial charge in [0.2, 0.25) is 0 Å². The van der Waals surface area contributed by atoms with E-state index in [9.17, 15) is 13.2 Å². The SMILES string of the molecule is Cc1ccc(S(=O)(=O)N(C(=O)Nc2ccccc2)c2ccccc2C2=CCCC2)cc1. The van der Waals surface area contributed by atoms with Crippen molar-refractivity contribution in [3.8, 4) is 0 Å². The van der Waals surface area contributed by atoms with Gasteiger partial charge in [-0.15, -0.1) is 0 Å². The Bertz CT molecular complexity index is 1220. The Morgan fingerprint density at radius 2 is 1.58 bits per heavy atom. The van der Waals surface area contributed by atoms with Crippen LogP contribution < -0.4 is 9.62 Å². The molecule has 0 saturated carbocycles. The number of sulfonamides is 1. The van der Waals surface area contributed by atoms with Crippen molar-refractivity contribution >= 4 is 33.0 Å². The van der Waals surface area contributed by atoms with Crippen LogP contribution in [0.25, 0.3) is 5.57 Å². The number of para-hydroxylation sites is 2. The van der Waals surface area contributed by atoms with Crippen molar-refractivity contribution in [1.82, 2.24) is 0 Å². The summed E-state index contributed by atoms with van der Waals surface area (Å²) >= 11 is 0. The van der Waals surface area contributed by atoms with Gasteiger partial charge in [0.15, 0.2) is 0 Å². The zero-order valence-corrected chi connectivity index (χ0v) is 18.1. The molecule has 0 aromatic heterocycles. The Kier molecular flexibility index (Phi) is 5.91. The van der Waals surface area contributed by atoms with Crippen molar-refractivity contribution in [3.05, 3.63) is 96.1 Å². The highest BCUT2D eigenvalue weighted by Crippen LogP contribution is 2.36. The summed E-state index contributed by atoms with van der Waals surface area (Å²) in [5.41, 5.74) is 3.64. The smallest absolute Gasteiger partial charge is 0.307 e. The Labute approximate surface area is 183 Å². The van der Waals surface area contributed by atoms with Crippen molar-refractivity contribution in [2.24, 2.45) is 0 Å². The number of carbonyl (C=O) groups excluding carboxylic acids is 1. The molecule has 0 bridgehead atoms. The van der Waals surface area contributed by atoms with Gasteiger partial charge in [-0.2, -0.15) is 4.31 Å². The summed E-state index contributed by atoms with van der Waals surface area (Å²) in [5, 5.41) is 2.73. The average Bonchev–Trinajstić information content (AvgIpc) is 3.30. The van der Waals surface area contributed by atoms with Crippen LogP contribution in [-0.4, -0.2) is 14.4 Å². The number of anilines is 2. The van der Waals surface area contributed by atoms with E-state index in [0.717, 1.165) is 40.3 Å². The molecule has 2 amide bonds. The van der Waals surface area contributed by atoms with Crippen LogP contribution in [0, 0.1) is 6.92 Å². The predicted molar refractivity (Wildman–Crippen MR) is 125 cm³/mol. The zero-order chi connectivity index (χ0) is 21.8. The Morgan fingerprint density at radius 3 is 2.26 bits per heavy atom. The molecule has 0 aliphatic heterocycles.